The van der Waals surface area contributed by atoms with Gasteiger partial charge in [-0.25, -0.2) is 4.98 Å². The normalized spacial score (nSPS) is 15.1. The van der Waals surface area contributed by atoms with E-state index in [4.69, 9.17) is 11.6 Å². The lowest BCUT2D eigenvalue weighted by atomic mass is 10.2. The molecule has 2 rings (SSSR count). The summed E-state index contributed by atoms with van der Waals surface area (Å²) in [4.78, 5) is 16.7. The Kier molecular flexibility index (Phi) is 4.27. The molecule has 1 heterocycles. The van der Waals surface area contributed by atoms with E-state index >= 15 is 0 Å². The molecule has 0 bridgehead atoms. The van der Waals surface area contributed by atoms with Crippen LogP contribution in [0, 0.1) is 0 Å². The van der Waals surface area contributed by atoms with E-state index in [1.165, 1.54) is 6.92 Å². The summed E-state index contributed by atoms with van der Waals surface area (Å²) >= 11 is 5.99. The van der Waals surface area contributed by atoms with Crippen LogP contribution in [0.4, 0.5) is 13.2 Å². The minimum absolute atomic E-state index is 0.150. The Morgan fingerprint density at radius 3 is 2.48 bits per heavy atom. The first-order valence-electron chi connectivity index (χ1n) is 6.42. The second-order valence-electron chi connectivity index (χ2n) is 4.95. The highest BCUT2D eigenvalue weighted by Crippen LogP contribution is 2.29. The second-order valence-corrected chi connectivity index (χ2v) is 5.60. The summed E-state index contributed by atoms with van der Waals surface area (Å²) in [5, 5.41) is -0.384. The standard InChI is InChI=1S/C14H14ClF3N2O/c1-8(7-14(16,17)18)20-12(9(2)15)19-11-6-4-3-5-10(11)13(20)21/h3-6,8-9H,7H2,1-2H3. The van der Waals surface area contributed by atoms with Crippen LogP contribution in [0.1, 0.15) is 37.5 Å². The molecule has 0 saturated heterocycles. The summed E-state index contributed by atoms with van der Waals surface area (Å²) in [7, 11) is 0. The molecule has 0 fully saturated rings. The van der Waals surface area contributed by atoms with Gasteiger partial charge in [-0.05, 0) is 26.0 Å². The van der Waals surface area contributed by atoms with Crippen LogP contribution in [0.2, 0.25) is 0 Å². The van der Waals surface area contributed by atoms with Crippen molar-refractivity contribution < 1.29 is 13.2 Å². The van der Waals surface area contributed by atoms with Gasteiger partial charge < -0.3 is 0 Å². The molecule has 0 radical (unpaired) electrons. The Morgan fingerprint density at radius 1 is 1.29 bits per heavy atom. The van der Waals surface area contributed by atoms with Crippen molar-refractivity contribution in [3.05, 3.63) is 40.4 Å². The summed E-state index contributed by atoms with van der Waals surface area (Å²) < 4.78 is 38.9. The predicted molar refractivity (Wildman–Crippen MR) is 75.7 cm³/mol. The van der Waals surface area contributed by atoms with Crippen LogP contribution in [0.15, 0.2) is 29.1 Å². The summed E-state index contributed by atoms with van der Waals surface area (Å²) in [6, 6.07) is 5.47. The molecule has 0 aliphatic heterocycles. The number of rotatable bonds is 3. The van der Waals surface area contributed by atoms with Crippen LogP contribution in [0.25, 0.3) is 10.9 Å². The monoisotopic (exact) mass is 318 g/mol. The molecule has 0 spiro atoms. The zero-order valence-corrected chi connectivity index (χ0v) is 12.2. The molecular weight excluding hydrogens is 305 g/mol. The van der Waals surface area contributed by atoms with Crippen molar-refractivity contribution in [3.63, 3.8) is 0 Å². The van der Waals surface area contributed by atoms with E-state index in [-0.39, 0.29) is 11.2 Å². The van der Waals surface area contributed by atoms with Crippen molar-refractivity contribution in [3.8, 4) is 0 Å². The number of para-hydroxylation sites is 1. The Bertz CT molecular complexity index is 709. The number of benzene rings is 1. The van der Waals surface area contributed by atoms with Gasteiger partial charge in [0.1, 0.15) is 5.82 Å². The third-order valence-electron chi connectivity index (χ3n) is 3.16. The lowest BCUT2D eigenvalue weighted by molar-refractivity contribution is -0.141. The smallest absolute Gasteiger partial charge is 0.292 e. The summed E-state index contributed by atoms with van der Waals surface area (Å²) in [5.74, 6) is 0.150. The highest BCUT2D eigenvalue weighted by Gasteiger charge is 2.32. The molecule has 2 aromatic rings. The van der Waals surface area contributed by atoms with Gasteiger partial charge in [-0.2, -0.15) is 13.2 Å². The van der Waals surface area contributed by atoms with E-state index in [9.17, 15) is 18.0 Å². The lowest BCUT2D eigenvalue weighted by Gasteiger charge is -2.22. The first-order valence-corrected chi connectivity index (χ1v) is 6.86. The van der Waals surface area contributed by atoms with Crippen LogP contribution in [-0.4, -0.2) is 15.7 Å². The number of hydrogen-bond acceptors (Lipinski definition) is 2. The van der Waals surface area contributed by atoms with Crippen LogP contribution in [0.3, 0.4) is 0 Å². The number of aromatic nitrogens is 2. The molecule has 7 heteroatoms. The van der Waals surface area contributed by atoms with Crippen molar-refractivity contribution in [1.29, 1.82) is 0 Å². The van der Waals surface area contributed by atoms with Gasteiger partial charge in [-0.3, -0.25) is 9.36 Å². The number of alkyl halides is 4. The fourth-order valence-corrected chi connectivity index (χ4v) is 2.45. The van der Waals surface area contributed by atoms with Crippen molar-refractivity contribution >= 4 is 22.5 Å². The van der Waals surface area contributed by atoms with Gasteiger partial charge >= 0.3 is 6.18 Å². The van der Waals surface area contributed by atoms with Gasteiger partial charge in [-0.15, -0.1) is 11.6 Å². The average molecular weight is 319 g/mol. The number of fused-ring (bicyclic) bond motifs is 1. The third kappa shape index (κ3) is 3.37. The molecule has 2 atom stereocenters. The minimum atomic E-state index is -4.36. The highest BCUT2D eigenvalue weighted by molar-refractivity contribution is 6.20. The number of halogens is 4. The van der Waals surface area contributed by atoms with Gasteiger partial charge in [0.2, 0.25) is 0 Å². The molecule has 1 aromatic heterocycles. The first kappa shape index (κ1) is 15.8. The zero-order valence-electron chi connectivity index (χ0n) is 11.5. The molecule has 2 unspecified atom stereocenters. The Hall–Kier alpha value is -1.56. The SMILES string of the molecule is CC(Cl)c1nc2ccccc2c(=O)n1C(C)CC(F)(F)F. The quantitative estimate of drug-likeness (QED) is 0.795. The van der Waals surface area contributed by atoms with Crippen LogP contribution in [0.5, 0.6) is 0 Å². The molecule has 21 heavy (non-hydrogen) atoms. The summed E-state index contributed by atoms with van der Waals surface area (Å²) in [5.41, 5.74) is -0.0692. The van der Waals surface area contributed by atoms with E-state index in [1.807, 2.05) is 0 Å². The average Bonchev–Trinajstić information content (AvgIpc) is 2.36. The molecule has 0 N–H and O–H groups in total. The zero-order chi connectivity index (χ0) is 15.8. The third-order valence-corrected chi connectivity index (χ3v) is 3.35. The topological polar surface area (TPSA) is 34.9 Å². The molecule has 0 amide bonds. The van der Waals surface area contributed by atoms with Crippen LogP contribution in [-0.2, 0) is 0 Å². The van der Waals surface area contributed by atoms with Crippen LogP contribution < -0.4 is 5.56 Å². The maximum atomic E-state index is 12.6. The maximum absolute atomic E-state index is 12.6. The van der Waals surface area contributed by atoms with Gasteiger partial charge in [-0.1, -0.05) is 12.1 Å². The first-order chi connectivity index (χ1) is 9.70. The van der Waals surface area contributed by atoms with E-state index in [0.29, 0.717) is 5.52 Å². The van der Waals surface area contributed by atoms with Crippen molar-refractivity contribution in [2.45, 2.75) is 37.9 Å². The van der Waals surface area contributed by atoms with Crippen molar-refractivity contribution in [2.24, 2.45) is 0 Å². The molecule has 0 aliphatic rings. The van der Waals surface area contributed by atoms with Crippen molar-refractivity contribution in [1.82, 2.24) is 9.55 Å². The predicted octanol–water partition coefficient (Wildman–Crippen LogP) is 4.21. The highest BCUT2D eigenvalue weighted by atomic mass is 35.5. The van der Waals surface area contributed by atoms with E-state index < -0.39 is 29.6 Å². The van der Waals surface area contributed by atoms with E-state index in [2.05, 4.69) is 4.98 Å². The molecule has 3 nitrogen and oxygen atoms in total. The van der Waals surface area contributed by atoms with Crippen molar-refractivity contribution in [2.75, 3.05) is 0 Å². The lowest BCUT2D eigenvalue weighted by Crippen LogP contribution is -2.31. The fourth-order valence-electron chi connectivity index (χ4n) is 2.30. The molecule has 1 aromatic carbocycles. The molecule has 114 valence electrons. The largest absolute Gasteiger partial charge is 0.391 e. The minimum Gasteiger partial charge on any atom is -0.292 e. The van der Waals surface area contributed by atoms with Crippen LogP contribution >= 0.6 is 11.6 Å². The fraction of sp³-hybridized carbons (Fsp3) is 0.429. The second kappa shape index (κ2) is 5.67. The maximum Gasteiger partial charge on any atom is 0.391 e. The molecule has 0 aliphatic carbocycles. The van der Waals surface area contributed by atoms with Gasteiger partial charge in [0, 0.05) is 6.04 Å². The van der Waals surface area contributed by atoms with Gasteiger partial charge in [0.05, 0.1) is 22.7 Å². The Morgan fingerprint density at radius 2 is 1.90 bits per heavy atom. The molecular formula is C14H14ClF3N2O. The number of hydrogen-bond donors (Lipinski definition) is 0. The Balaban J connectivity index is 2.68. The number of nitrogens with zero attached hydrogens (tertiary/aromatic N) is 2. The summed E-state index contributed by atoms with van der Waals surface area (Å²) in [6.07, 6.45) is -5.47. The van der Waals surface area contributed by atoms with E-state index in [1.54, 1.807) is 31.2 Å². The van der Waals surface area contributed by atoms with Gasteiger partial charge in [0.25, 0.3) is 5.56 Å². The summed E-state index contributed by atoms with van der Waals surface area (Å²) in [6.45, 7) is 2.92. The van der Waals surface area contributed by atoms with Gasteiger partial charge in [0.15, 0.2) is 0 Å². The van der Waals surface area contributed by atoms with E-state index in [0.717, 1.165) is 4.57 Å². The molecule has 0 saturated carbocycles. The Labute approximate surface area is 124 Å².